The summed E-state index contributed by atoms with van der Waals surface area (Å²) < 4.78 is 27.0. The molecule has 1 aliphatic heterocycles. The number of rotatable bonds is 1. The molecule has 1 aromatic carbocycles. The highest BCUT2D eigenvalue weighted by atomic mass is 127. The molecule has 1 aromatic rings. The standard InChI is InChI=1S/C12H12F2INO/c13-12(14)5-7-16(8-6-12)11(17)9-1-3-10(15)4-2-9/h1-4H,5-8H2. The number of likely N-dealkylation sites (tertiary alicyclic amines) is 1. The van der Waals surface area contributed by atoms with Crippen LogP contribution in [-0.2, 0) is 0 Å². The summed E-state index contributed by atoms with van der Waals surface area (Å²) in [4.78, 5) is 13.5. The molecule has 2 rings (SSSR count). The quantitative estimate of drug-likeness (QED) is 0.712. The molecule has 0 radical (unpaired) electrons. The van der Waals surface area contributed by atoms with Crippen molar-refractivity contribution in [1.29, 1.82) is 0 Å². The van der Waals surface area contributed by atoms with Gasteiger partial charge in [0.15, 0.2) is 0 Å². The van der Waals surface area contributed by atoms with Gasteiger partial charge in [-0.2, -0.15) is 0 Å². The first-order valence-corrected chi connectivity index (χ1v) is 6.48. The van der Waals surface area contributed by atoms with E-state index in [1.807, 2.05) is 12.1 Å². The lowest BCUT2D eigenvalue weighted by Gasteiger charge is -2.31. The molecule has 1 fully saturated rings. The lowest BCUT2D eigenvalue weighted by molar-refractivity contribution is -0.0494. The van der Waals surface area contributed by atoms with E-state index in [0.717, 1.165) is 3.57 Å². The molecule has 0 unspecified atom stereocenters. The van der Waals surface area contributed by atoms with Crippen LogP contribution in [0.25, 0.3) is 0 Å². The Morgan fingerprint density at radius 1 is 1.18 bits per heavy atom. The fourth-order valence-electron chi connectivity index (χ4n) is 1.81. The summed E-state index contributed by atoms with van der Waals surface area (Å²) in [7, 11) is 0. The first-order chi connectivity index (χ1) is 7.98. The minimum Gasteiger partial charge on any atom is -0.338 e. The summed E-state index contributed by atoms with van der Waals surface area (Å²) >= 11 is 2.15. The maximum Gasteiger partial charge on any atom is 0.253 e. The Morgan fingerprint density at radius 3 is 2.24 bits per heavy atom. The molecule has 1 saturated heterocycles. The molecule has 92 valence electrons. The Kier molecular flexibility index (Phi) is 3.65. The highest BCUT2D eigenvalue weighted by molar-refractivity contribution is 14.1. The van der Waals surface area contributed by atoms with Gasteiger partial charge in [0.2, 0.25) is 0 Å². The summed E-state index contributed by atoms with van der Waals surface area (Å²) in [6.45, 7) is 0.273. The molecule has 0 aliphatic carbocycles. The second-order valence-electron chi connectivity index (χ2n) is 4.16. The minimum absolute atomic E-state index is 0.137. The predicted molar refractivity (Wildman–Crippen MR) is 69.2 cm³/mol. The van der Waals surface area contributed by atoms with E-state index >= 15 is 0 Å². The van der Waals surface area contributed by atoms with Crippen LogP contribution in [-0.4, -0.2) is 29.8 Å². The van der Waals surface area contributed by atoms with Gasteiger partial charge in [-0.15, -0.1) is 0 Å². The van der Waals surface area contributed by atoms with E-state index in [-0.39, 0.29) is 31.8 Å². The molecule has 17 heavy (non-hydrogen) atoms. The summed E-state index contributed by atoms with van der Waals surface area (Å²) in [5.41, 5.74) is 0.565. The fraction of sp³-hybridized carbons (Fsp3) is 0.417. The summed E-state index contributed by atoms with van der Waals surface area (Å²) in [6.07, 6.45) is -0.466. The molecule has 1 amide bonds. The fourth-order valence-corrected chi connectivity index (χ4v) is 2.17. The Bertz CT molecular complexity index is 409. The molecule has 0 saturated carbocycles. The van der Waals surface area contributed by atoms with Gasteiger partial charge in [0.05, 0.1) is 0 Å². The van der Waals surface area contributed by atoms with Crippen molar-refractivity contribution < 1.29 is 13.6 Å². The third-order valence-electron chi connectivity index (χ3n) is 2.87. The second kappa shape index (κ2) is 4.88. The highest BCUT2D eigenvalue weighted by Gasteiger charge is 2.35. The third kappa shape index (κ3) is 3.14. The van der Waals surface area contributed by atoms with E-state index in [1.165, 1.54) is 4.90 Å². The van der Waals surface area contributed by atoms with Crippen LogP contribution in [0, 0.1) is 3.57 Å². The van der Waals surface area contributed by atoms with Gasteiger partial charge in [0, 0.05) is 35.1 Å². The third-order valence-corrected chi connectivity index (χ3v) is 3.59. The zero-order valence-corrected chi connectivity index (χ0v) is 11.3. The topological polar surface area (TPSA) is 20.3 Å². The van der Waals surface area contributed by atoms with Gasteiger partial charge in [-0.05, 0) is 46.9 Å². The van der Waals surface area contributed by atoms with Crippen LogP contribution in [0.4, 0.5) is 8.78 Å². The van der Waals surface area contributed by atoms with E-state index in [4.69, 9.17) is 0 Å². The van der Waals surface area contributed by atoms with Crippen molar-refractivity contribution in [3.05, 3.63) is 33.4 Å². The van der Waals surface area contributed by atoms with Crippen LogP contribution in [0.15, 0.2) is 24.3 Å². The average Bonchev–Trinajstić information content (AvgIpc) is 2.29. The maximum absolute atomic E-state index is 13.0. The van der Waals surface area contributed by atoms with Crippen LogP contribution < -0.4 is 0 Å². The van der Waals surface area contributed by atoms with Crippen molar-refractivity contribution in [1.82, 2.24) is 4.90 Å². The van der Waals surface area contributed by atoms with Crippen LogP contribution in [0.1, 0.15) is 23.2 Å². The normalized spacial score (nSPS) is 19.1. The molecular weight excluding hydrogens is 339 g/mol. The number of alkyl halides is 2. The molecular formula is C12H12F2INO. The number of hydrogen-bond acceptors (Lipinski definition) is 1. The first-order valence-electron chi connectivity index (χ1n) is 5.41. The highest BCUT2D eigenvalue weighted by Crippen LogP contribution is 2.28. The monoisotopic (exact) mass is 351 g/mol. The summed E-state index contributed by atoms with van der Waals surface area (Å²) in [5.74, 6) is -2.76. The van der Waals surface area contributed by atoms with E-state index in [1.54, 1.807) is 12.1 Å². The number of nitrogens with zero attached hydrogens (tertiary/aromatic N) is 1. The van der Waals surface area contributed by atoms with Gasteiger partial charge < -0.3 is 4.90 Å². The molecule has 0 bridgehead atoms. The number of carbonyl (C=O) groups is 1. The van der Waals surface area contributed by atoms with Crippen molar-refractivity contribution in [2.45, 2.75) is 18.8 Å². The minimum atomic E-state index is -2.61. The number of benzene rings is 1. The second-order valence-corrected chi connectivity index (χ2v) is 5.40. The van der Waals surface area contributed by atoms with Crippen LogP contribution in [0.2, 0.25) is 0 Å². The van der Waals surface area contributed by atoms with Crippen molar-refractivity contribution in [2.24, 2.45) is 0 Å². The zero-order chi connectivity index (χ0) is 12.5. The van der Waals surface area contributed by atoms with Gasteiger partial charge in [-0.1, -0.05) is 0 Å². The van der Waals surface area contributed by atoms with Gasteiger partial charge in [-0.25, -0.2) is 8.78 Å². The zero-order valence-electron chi connectivity index (χ0n) is 9.13. The van der Waals surface area contributed by atoms with Crippen LogP contribution >= 0.6 is 22.6 Å². The number of hydrogen-bond donors (Lipinski definition) is 0. The Morgan fingerprint density at radius 2 is 1.71 bits per heavy atom. The number of amides is 1. The average molecular weight is 351 g/mol. The Hall–Kier alpha value is -0.720. The molecule has 5 heteroatoms. The lowest BCUT2D eigenvalue weighted by atomic mass is 10.1. The first kappa shape index (κ1) is 12.7. The lowest BCUT2D eigenvalue weighted by Crippen LogP contribution is -2.42. The van der Waals surface area contributed by atoms with Crippen molar-refractivity contribution in [2.75, 3.05) is 13.1 Å². The number of halogens is 3. The maximum atomic E-state index is 13.0. The van der Waals surface area contributed by atoms with Gasteiger partial charge in [0.1, 0.15) is 0 Å². The van der Waals surface area contributed by atoms with Crippen LogP contribution in [0.5, 0.6) is 0 Å². The predicted octanol–water partition coefficient (Wildman–Crippen LogP) is 3.16. The van der Waals surface area contributed by atoms with Gasteiger partial charge in [-0.3, -0.25) is 4.79 Å². The van der Waals surface area contributed by atoms with Crippen molar-refractivity contribution >= 4 is 28.5 Å². The van der Waals surface area contributed by atoms with E-state index in [2.05, 4.69) is 22.6 Å². The molecule has 0 aromatic heterocycles. The van der Waals surface area contributed by atoms with Gasteiger partial charge >= 0.3 is 0 Å². The smallest absolute Gasteiger partial charge is 0.253 e. The Labute approximate surface area is 112 Å². The van der Waals surface area contributed by atoms with Crippen molar-refractivity contribution in [3.8, 4) is 0 Å². The molecule has 0 spiro atoms. The van der Waals surface area contributed by atoms with E-state index in [0.29, 0.717) is 5.56 Å². The van der Waals surface area contributed by atoms with Gasteiger partial charge in [0.25, 0.3) is 11.8 Å². The SMILES string of the molecule is O=C(c1ccc(I)cc1)N1CCC(F)(F)CC1. The largest absolute Gasteiger partial charge is 0.338 e. The Balaban J connectivity index is 2.04. The molecule has 2 nitrogen and oxygen atoms in total. The molecule has 0 atom stereocenters. The summed E-state index contributed by atoms with van der Waals surface area (Å²) in [5, 5.41) is 0. The van der Waals surface area contributed by atoms with Crippen molar-refractivity contribution in [3.63, 3.8) is 0 Å². The molecule has 1 aliphatic rings. The molecule has 0 N–H and O–H groups in total. The molecule has 1 heterocycles. The van der Waals surface area contributed by atoms with Crippen LogP contribution in [0.3, 0.4) is 0 Å². The summed E-state index contributed by atoms with van der Waals surface area (Å²) in [6, 6.07) is 7.15. The van der Waals surface area contributed by atoms with E-state index in [9.17, 15) is 13.6 Å². The van der Waals surface area contributed by atoms with E-state index < -0.39 is 5.92 Å². The number of carbonyl (C=O) groups excluding carboxylic acids is 1. The number of piperidine rings is 1.